The number of aromatic nitrogens is 4. The number of aliphatic hydroxyl groups is 2. The van der Waals surface area contributed by atoms with Crippen LogP contribution in [-0.4, -0.2) is 41.9 Å². The third kappa shape index (κ3) is 3.51. The summed E-state index contributed by atoms with van der Waals surface area (Å²) in [6.07, 6.45) is 4.86. The molecule has 0 unspecified atom stereocenters. The van der Waals surface area contributed by atoms with Crippen LogP contribution in [0, 0.1) is 5.41 Å². The fourth-order valence-corrected chi connectivity index (χ4v) is 5.15. The number of nitrogens with two attached hydrogens (primary N) is 2. The van der Waals surface area contributed by atoms with Crippen LogP contribution in [0.1, 0.15) is 24.4 Å². The molecular weight excluding hydrogens is 440 g/mol. The van der Waals surface area contributed by atoms with E-state index < -0.39 is 17.6 Å². The van der Waals surface area contributed by atoms with Gasteiger partial charge in [-0.3, -0.25) is 0 Å². The lowest BCUT2D eigenvalue weighted by Gasteiger charge is -2.29. The predicted molar refractivity (Wildman–Crippen MR) is 130 cm³/mol. The largest absolute Gasteiger partial charge is 0.389 e. The molecule has 1 aliphatic rings. The van der Waals surface area contributed by atoms with Crippen molar-refractivity contribution in [2.24, 2.45) is 5.41 Å². The van der Waals surface area contributed by atoms with Gasteiger partial charge in [-0.1, -0.05) is 29.8 Å². The van der Waals surface area contributed by atoms with E-state index in [2.05, 4.69) is 21.5 Å². The van der Waals surface area contributed by atoms with E-state index in [1.807, 2.05) is 35.0 Å². The molecule has 170 valence electrons. The first-order valence-electron chi connectivity index (χ1n) is 10.7. The Morgan fingerprint density at radius 3 is 2.79 bits per heavy atom. The summed E-state index contributed by atoms with van der Waals surface area (Å²) in [7, 11) is 0. The van der Waals surface area contributed by atoms with Crippen LogP contribution in [-0.2, 0) is 6.42 Å². The van der Waals surface area contributed by atoms with Gasteiger partial charge in [-0.2, -0.15) is 0 Å². The van der Waals surface area contributed by atoms with Gasteiger partial charge in [0.15, 0.2) is 0 Å². The maximum atomic E-state index is 11.1. The Morgan fingerprint density at radius 2 is 2.00 bits per heavy atom. The third-order valence-corrected chi connectivity index (χ3v) is 7.24. The molecule has 33 heavy (non-hydrogen) atoms. The molecule has 0 radical (unpaired) electrons. The number of halogens is 1. The molecule has 1 aliphatic carbocycles. The number of hydrogen-bond donors (Lipinski definition) is 4. The number of pyridine rings is 1. The van der Waals surface area contributed by atoms with E-state index in [9.17, 15) is 10.2 Å². The zero-order valence-electron chi connectivity index (χ0n) is 17.9. The van der Waals surface area contributed by atoms with Crippen molar-refractivity contribution < 1.29 is 10.2 Å². The number of nitrogen functional groups attached to an aromatic ring is 2. The van der Waals surface area contributed by atoms with Crippen LogP contribution in [0.25, 0.3) is 21.9 Å². The molecule has 1 fully saturated rings. The number of benzene rings is 1. The first-order chi connectivity index (χ1) is 15.8. The molecule has 6 N–H and O–H groups in total. The molecule has 0 saturated heterocycles. The average molecular weight is 465 g/mol. The van der Waals surface area contributed by atoms with Gasteiger partial charge in [-0.25, -0.2) is 15.0 Å². The lowest BCUT2D eigenvalue weighted by molar-refractivity contribution is -0.0143. The molecule has 0 bridgehead atoms. The number of aliphatic hydroxyl groups excluding tert-OH is 2. The fourth-order valence-electron chi connectivity index (χ4n) is 4.99. The molecule has 3 heterocycles. The molecule has 8 nitrogen and oxygen atoms in total. The van der Waals surface area contributed by atoms with Crippen LogP contribution >= 0.6 is 11.6 Å². The van der Waals surface area contributed by atoms with Gasteiger partial charge in [0.2, 0.25) is 0 Å². The first-order valence-corrected chi connectivity index (χ1v) is 11.1. The van der Waals surface area contributed by atoms with Crippen LogP contribution in [0.5, 0.6) is 0 Å². The smallest absolute Gasteiger partial charge is 0.145 e. The lowest BCUT2D eigenvalue weighted by atomic mass is 9.78. The van der Waals surface area contributed by atoms with Crippen molar-refractivity contribution in [1.29, 1.82) is 0 Å². The van der Waals surface area contributed by atoms with Crippen molar-refractivity contribution in [2.45, 2.75) is 37.5 Å². The number of hydrogen-bond acceptors (Lipinski definition) is 7. The molecule has 0 amide bonds. The van der Waals surface area contributed by atoms with Crippen molar-refractivity contribution in [3.05, 3.63) is 66.1 Å². The Morgan fingerprint density at radius 1 is 1.18 bits per heavy atom. The summed E-state index contributed by atoms with van der Waals surface area (Å²) in [5, 5.41) is 24.1. The minimum absolute atomic E-state index is 0.296. The minimum atomic E-state index is -0.977. The number of rotatable bonds is 5. The first kappa shape index (κ1) is 21.6. The Hall–Kier alpha value is -3.20. The summed E-state index contributed by atoms with van der Waals surface area (Å²) in [6.45, 7) is 4.01. The van der Waals surface area contributed by atoms with Crippen molar-refractivity contribution in [3.8, 4) is 0 Å². The van der Waals surface area contributed by atoms with Crippen molar-refractivity contribution in [1.82, 2.24) is 19.5 Å². The predicted octanol–water partition coefficient (Wildman–Crippen LogP) is 3.27. The highest BCUT2D eigenvalue weighted by molar-refractivity contribution is 6.33. The second kappa shape index (κ2) is 7.98. The van der Waals surface area contributed by atoms with Gasteiger partial charge in [0.05, 0.1) is 28.1 Å². The number of aryl methyl sites for hydroxylation is 1. The fraction of sp³-hybridized carbons (Fsp3) is 0.292. The monoisotopic (exact) mass is 464 g/mol. The van der Waals surface area contributed by atoms with Crippen molar-refractivity contribution in [3.63, 3.8) is 0 Å². The highest BCUT2D eigenvalue weighted by Crippen LogP contribution is 2.49. The lowest BCUT2D eigenvalue weighted by Crippen LogP contribution is -2.35. The molecule has 4 atom stereocenters. The van der Waals surface area contributed by atoms with Gasteiger partial charge in [-0.15, -0.1) is 6.58 Å². The third-order valence-electron chi connectivity index (χ3n) is 6.94. The van der Waals surface area contributed by atoms with Crippen LogP contribution in [0.3, 0.4) is 0 Å². The van der Waals surface area contributed by atoms with Crippen molar-refractivity contribution >= 4 is 45.2 Å². The molecule has 9 heteroatoms. The maximum Gasteiger partial charge on any atom is 0.145 e. The summed E-state index contributed by atoms with van der Waals surface area (Å²) in [4.78, 5) is 12.7. The van der Waals surface area contributed by atoms with Gasteiger partial charge in [0.1, 0.15) is 29.7 Å². The Balaban J connectivity index is 1.42. The molecule has 3 aromatic heterocycles. The van der Waals surface area contributed by atoms with Gasteiger partial charge in [-0.05, 0) is 43.0 Å². The normalized spacial score (nSPS) is 25.1. The van der Waals surface area contributed by atoms with Gasteiger partial charge in [0, 0.05) is 17.0 Å². The highest BCUT2D eigenvalue weighted by atomic mass is 35.5. The Labute approximate surface area is 195 Å². The topological polar surface area (TPSA) is 136 Å². The Bertz CT molecular complexity index is 1370. The zero-order valence-corrected chi connectivity index (χ0v) is 18.7. The second-order valence-electron chi connectivity index (χ2n) is 8.75. The summed E-state index contributed by atoms with van der Waals surface area (Å²) in [6, 6.07) is 9.22. The molecule has 1 saturated carbocycles. The number of fused-ring (bicyclic) bond motifs is 2. The maximum absolute atomic E-state index is 11.1. The summed E-state index contributed by atoms with van der Waals surface area (Å²) in [5.41, 5.74) is 13.6. The van der Waals surface area contributed by atoms with Crippen molar-refractivity contribution in [2.75, 3.05) is 11.5 Å². The van der Waals surface area contributed by atoms with E-state index in [0.717, 1.165) is 21.9 Å². The van der Waals surface area contributed by atoms with Crippen LogP contribution in [0.4, 0.5) is 11.6 Å². The quantitative estimate of drug-likeness (QED) is 0.333. The molecule has 5 rings (SSSR count). The van der Waals surface area contributed by atoms with E-state index in [4.69, 9.17) is 23.1 Å². The van der Waals surface area contributed by atoms with Gasteiger partial charge < -0.3 is 26.2 Å². The Kier molecular flexibility index (Phi) is 5.23. The number of nitrogens with zero attached hydrogens (tertiary/aromatic N) is 4. The molecule has 0 aliphatic heterocycles. The number of anilines is 2. The van der Waals surface area contributed by atoms with E-state index in [1.165, 1.54) is 6.33 Å². The molecule has 4 aromatic rings. The summed E-state index contributed by atoms with van der Waals surface area (Å²) in [5.74, 6) is 0.679. The van der Waals surface area contributed by atoms with E-state index in [-0.39, 0.29) is 6.04 Å². The SMILES string of the molecule is C=C[C@]1(CCc2ccc3cc(Cl)c(N)nc3c2)C[C@@H](n2ccc3c(N)ncnc32)[C@H](O)[C@@H]1O. The van der Waals surface area contributed by atoms with Gasteiger partial charge in [0.25, 0.3) is 0 Å². The van der Waals surface area contributed by atoms with E-state index in [0.29, 0.717) is 41.6 Å². The average Bonchev–Trinajstić information content (AvgIpc) is 3.34. The summed E-state index contributed by atoms with van der Waals surface area (Å²) >= 11 is 6.08. The molecule has 0 spiro atoms. The van der Waals surface area contributed by atoms with E-state index >= 15 is 0 Å². The van der Waals surface area contributed by atoms with Crippen LogP contribution < -0.4 is 11.5 Å². The second-order valence-corrected chi connectivity index (χ2v) is 9.15. The van der Waals surface area contributed by atoms with Crippen LogP contribution in [0.2, 0.25) is 5.02 Å². The van der Waals surface area contributed by atoms with E-state index in [1.54, 1.807) is 12.1 Å². The molecule has 1 aromatic carbocycles. The van der Waals surface area contributed by atoms with Gasteiger partial charge >= 0.3 is 0 Å². The standard InChI is InChI=1S/C24H25ClN6O2/c1-2-24(7-5-13-3-4-14-10-16(25)22(27)30-17(14)9-13)11-18(19(32)20(24)33)31-8-6-15-21(26)28-12-29-23(15)31/h2-4,6,8-10,12,18-20,32-33H,1,5,7,11H2,(H2,27,30)(H2,26,28,29)/t18-,19+,20+,24+/m1/s1. The molecular formula is C24H25ClN6O2. The minimum Gasteiger partial charge on any atom is -0.389 e. The summed E-state index contributed by atoms with van der Waals surface area (Å²) < 4.78 is 1.87. The van der Waals surface area contributed by atoms with Crippen LogP contribution in [0.15, 0.2) is 55.5 Å². The zero-order chi connectivity index (χ0) is 23.3. The highest BCUT2D eigenvalue weighted by Gasteiger charge is 2.51.